The first-order valence-corrected chi connectivity index (χ1v) is 13.0. The molecule has 0 aromatic heterocycles. The predicted octanol–water partition coefficient (Wildman–Crippen LogP) is 5.11. The molecule has 0 radical (unpaired) electrons. The first-order valence-electron chi connectivity index (χ1n) is 11.6. The summed E-state index contributed by atoms with van der Waals surface area (Å²) in [5, 5.41) is 10.7. The van der Waals surface area contributed by atoms with Crippen LogP contribution in [0.15, 0.2) is 65.6 Å². The summed E-state index contributed by atoms with van der Waals surface area (Å²) in [5.74, 6) is -1.17. The second kappa shape index (κ2) is 11.2. The second-order valence-corrected chi connectivity index (χ2v) is 10.4. The fourth-order valence-corrected chi connectivity index (χ4v) is 5.57. The number of aliphatic carboxylic acids is 1. The highest BCUT2D eigenvalue weighted by Gasteiger charge is 2.30. The van der Waals surface area contributed by atoms with Gasteiger partial charge < -0.3 is 14.6 Å². The zero-order valence-electron chi connectivity index (χ0n) is 20.6. The van der Waals surface area contributed by atoms with E-state index in [1.165, 1.54) is 34.6 Å². The number of aryl methyl sites for hydroxylation is 1. The third kappa shape index (κ3) is 6.43. The topological polar surface area (TPSA) is 86.7 Å². The van der Waals surface area contributed by atoms with E-state index in [9.17, 15) is 31.5 Å². The lowest BCUT2D eigenvalue weighted by Gasteiger charge is -2.27. The van der Waals surface area contributed by atoms with E-state index in [1.54, 1.807) is 32.0 Å². The molecule has 0 N–H and O–H groups in total. The van der Waals surface area contributed by atoms with Crippen LogP contribution in [0.25, 0.3) is 11.1 Å². The van der Waals surface area contributed by atoms with Crippen LogP contribution in [-0.2, 0) is 21.0 Å². The van der Waals surface area contributed by atoms with E-state index in [1.807, 2.05) is 6.92 Å². The van der Waals surface area contributed by atoms with Gasteiger partial charge in [-0.2, -0.15) is 13.2 Å². The lowest BCUT2D eigenvalue weighted by atomic mass is 9.98. The van der Waals surface area contributed by atoms with Gasteiger partial charge in [0.25, 0.3) is 10.0 Å². The van der Waals surface area contributed by atoms with Crippen molar-refractivity contribution in [3.63, 3.8) is 0 Å². The normalized spacial score (nSPS) is 11.8. The van der Waals surface area contributed by atoms with E-state index in [2.05, 4.69) is 0 Å². The summed E-state index contributed by atoms with van der Waals surface area (Å²) in [7, 11) is -4.04. The first-order chi connectivity index (χ1) is 17.4. The number of benzene rings is 3. The molecular formula is C27H27F3NO5S-. The fraction of sp³-hybridized carbons (Fsp3) is 0.296. The third-order valence-corrected chi connectivity index (χ3v) is 7.70. The van der Waals surface area contributed by atoms with Crippen LogP contribution < -0.4 is 14.1 Å². The Hall–Kier alpha value is -3.53. The monoisotopic (exact) mass is 534 g/mol. The molecule has 0 aliphatic rings. The van der Waals surface area contributed by atoms with Gasteiger partial charge in [-0.05, 0) is 78.9 Å². The largest absolute Gasteiger partial charge is 0.546 e. The molecule has 0 amide bonds. The number of carbonyl (C=O) groups excluding carboxylic acids is 1. The lowest BCUT2D eigenvalue weighted by Crippen LogP contribution is -2.33. The van der Waals surface area contributed by atoms with Gasteiger partial charge in [0, 0.05) is 6.54 Å². The van der Waals surface area contributed by atoms with E-state index < -0.39 is 34.3 Å². The molecule has 0 fully saturated rings. The second-order valence-electron chi connectivity index (χ2n) is 8.54. The Labute approximate surface area is 214 Å². The van der Waals surface area contributed by atoms with Gasteiger partial charge in [-0.25, -0.2) is 8.42 Å². The number of halogens is 3. The number of rotatable bonds is 10. The molecule has 0 aliphatic heterocycles. The molecule has 3 aromatic rings. The van der Waals surface area contributed by atoms with Crippen molar-refractivity contribution in [2.45, 2.75) is 44.7 Å². The van der Waals surface area contributed by atoms with Gasteiger partial charge >= 0.3 is 6.18 Å². The number of nitrogens with zero attached hydrogens (tertiary/aromatic N) is 1. The van der Waals surface area contributed by atoms with Gasteiger partial charge in [-0.15, -0.1) is 0 Å². The Balaban J connectivity index is 2.04. The first kappa shape index (κ1) is 28.0. The van der Waals surface area contributed by atoms with Gasteiger partial charge in [0.15, 0.2) is 0 Å². The molecule has 0 aliphatic carbocycles. The molecule has 3 aromatic carbocycles. The maximum atomic E-state index is 13.8. The van der Waals surface area contributed by atoms with Crippen LogP contribution in [0, 0.1) is 13.8 Å². The molecule has 0 unspecified atom stereocenters. The molecular weight excluding hydrogens is 507 g/mol. The number of hydrogen-bond donors (Lipinski definition) is 0. The highest BCUT2D eigenvalue weighted by Crippen LogP contribution is 2.36. The van der Waals surface area contributed by atoms with Gasteiger partial charge in [0.1, 0.15) is 12.4 Å². The maximum Gasteiger partial charge on any atom is 0.416 e. The van der Waals surface area contributed by atoms with Gasteiger partial charge in [-0.1, -0.05) is 37.6 Å². The summed E-state index contributed by atoms with van der Waals surface area (Å²) in [4.78, 5) is 10.7. The molecule has 0 bridgehead atoms. The minimum Gasteiger partial charge on any atom is -0.546 e. The van der Waals surface area contributed by atoms with Crippen molar-refractivity contribution in [1.82, 2.24) is 0 Å². The van der Waals surface area contributed by atoms with Crippen LogP contribution in [0.1, 0.15) is 36.5 Å². The molecule has 198 valence electrons. The maximum absolute atomic E-state index is 13.8. The van der Waals surface area contributed by atoms with Gasteiger partial charge in [-0.3, -0.25) is 4.31 Å². The van der Waals surface area contributed by atoms with Crippen LogP contribution in [0.2, 0.25) is 0 Å². The smallest absolute Gasteiger partial charge is 0.416 e. The van der Waals surface area contributed by atoms with Crippen LogP contribution in [0.4, 0.5) is 18.9 Å². The van der Waals surface area contributed by atoms with Crippen molar-refractivity contribution in [1.29, 1.82) is 0 Å². The van der Waals surface area contributed by atoms with E-state index in [0.717, 1.165) is 18.6 Å². The van der Waals surface area contributed by atoms with Crippen molar-refractivity contribution in [2.24, 2.45) is 0 Å². The van der Waals surface area contributed by atoms with E-state index >= 15 is 0 Å². The van der Waals surface area contributed by atoms with Gasteiger partial charge in [0.05, 0.1) is 22.1 Å². The van der Waals surface area contributed by atoms with Crippen LogP contribution in [-0.4, -0.2) is 27.5 Å². The molecule has 10 heteroatoms. The number of sulfonamides is 1. The highest BCUT2D eigenvalue weighted by atomic mass is 32.2. The van der Waals surface area contributed by atoms with Crippen molar-refractivity contribution in [2.75, 3.05) is 17.5 Å². The Morgan fingerprint density at radius 2 is 1.70 bits per heavy atom. The number of hydrogen-bond acceptors (Lipinski definition) is 5. The predicted molar refractivity (Wildman–Crippen MR) is 133 cm³/mol. The lowest BCUT2D eigenvalue weighted by molar-refractivity contribution is -0.307. The summed E-state index contributed by atoms with van der Waals surface area (Å²) >= 11 is 0. The minimum absolute atomic E-state index is 0.00114. The SMILES string of the molecule is CCCCN(c1cccc(-c2ccc(C(F)(F)F)cc2)c1C)S(=O)(=O)c1ccc(OCC(=O)[O-])c(C)c1. The molecule has 6 nitrogen and oxygen atoms in total. The molecule has 0 saturated carbocycles. The minimum atomic E-state index is -4.45. The van der Waals surface area contributed by atoms with Crippen molar-refractivity contribution >= 4 is 21.7 Å². The Morgan fingerprint density at radius 1 is 1.03 bits per heavy atom. The Bertz CT molecular complexity index is 1370. The number of alkyl halides is 3. The molecule has 37 heavy (non-hydrogen) atoms. The number of carboxylic acids is 1. The number of ether oxygens (including phenoxy) is 1. The molecule has 3 rings (SSSR count). The van der Waals surface area contributed by atoms with Crippen molar-refractivity contribution < 1.29 is 36.2 Å². The Morgan fingerprint density at radius 3 is 2.27 bits per heavy atom. The Kier molecular flexibility index (Phi) is 8.53. The van der Waals surface area contributed by atoms with E-state index in [-0.39, 0.29) is 17.2 Å². The summed E-state index contributed by atoms with van der Waals surface area (Å²) in [6, 6.07) is 14.0. The number of unbranched alkanes of at least 4 members (excludes halogenated alkanes) is 1. The highest BCUT2D eigenvalue weighted by molar-refractivity contribution is 7.92. The molecule has 0 atom stereocenters. The number of carboxylic acid groups (broad SMARTS) is 1. The molecule has 0 heterocycles. The molecule has 0 spiro atoms. The van der Waals surface area contributed by atoms with Crippen LogP contribution >= 0.6 is 0 Å². The average molecular weight is 535 g/mol. The third-order valence-electron chi connectivity index (χ3n) is 5.89. The average Bonchev–Trinajstić information content (AvgIpc) is 2.83. The van der Waals surface area contributed by atoms with Crippen molar-refractivity contribution in [3.05, 3.63) is 77.4 Å². The summed E-state index contributed by atoms with van der Waals surface area (Å²) < 4.78 is 73.0. The fourth-order valence-electron chi connectivity index (χ4n) is 3.93. The summed E-state index contributed by atoms with van der Waals surface area (Å²) in [5.41, 5.74) is 1.84. The summed E-state index contributed by atoms with van der Waals surface area (Å²) in [6.07, 6.45) is -3.14. The standard InChI is InChI=1S/C27H28F3NO5S/c1-4-5-15-31(37(34,35)22-13-14-25(18(2)16-22)36-17-26(32)33)24-8-6-7-23(19(24)3)20-9-11-21(12-10-20)27(28,29)30/h6-14,16H,4-5,15,17H2,1-3H3,(H,32,33)/p-1. The summed E-state index contributed by atoms with van der Waals surface area (Å²) in [6.45, 7) is 4.81. The molecule has 0 saturated heterocycles. The zero-order valence-corrected chi connectivity index (χ0v) is 21.4. The van der Waals surface area contributed by atoms with E-state index in [0.29, 0.717) is 34.4 Å². The van der Waals surface area contributed by atoms with Crippen LogP contribution in [0.5, 0.6) is 5.75 Å². The van der Waals surface area contributed by atoms with Gasteiger partial charge in [0.2, 0.25) is 0 Å². The number of anilines is 1. The van der Waals surface area contributed by atoms with Crippen molar-refractivity contribution in [3.8, 4) is 16.9 Å². The number of carbonyl (C=O) groups is 1. The van der Waals surface area contributed by atoms with Crippen LogP contribution in [0.3, 0.4) is 0 Å². The zero-order chi connectivity index (χ0) is 27.4. The van der Waals surface area contributed by atoms with E-state index in [4.69, 9.17) is 4.74 Å². The quantitative estimate of drug-likeness (QED) is 0.361.